The number of hydrogen-bond donors (Lipinski definition) is 6. The van der Waals surface area contributed by atoms with E-state index in [1.54, 1.807) is 73.2 Å². The Hall–Kier alpha value is -7.80. The number of hydrogen-bond acceptors (Lipinski definition) is 18. The van der Waals surface area contributed by atoms with Crippen LogP contribution in [0.3, 0.4) is 0 Å². The van der Waals surface area contributed by atoms with Crippen LogP contribution in [0.1, 0.15) is 47.2 Å². The molecule has 0 saturated carbocycles. The number of methoxy groups -OCH3 is 2. The summed E-state index contributed by atoms with van der Waals surface area (Å²) < 4.78 is 56.8. The molecule has 0 unspecified atom stereocenters. The molecule has 0 saturated heterocycles. The van der Waals surface area contributed by atoms with Crippen LogP contribution in [-0.2, 0) is 19.9 Å². The third-order valence-corrected chi connectivity index (χ3v) is 8.14. The van der Waals surface area contributed by atoms with Gasteiger partial charge in [0, 0.05) is 69.0 Å². The Morgan fingerprint density at radius 3 is 1.40 bits per heavy atom. The summed E-state index contributed by atoms with van der Waals surface area (Å²) in [6.07, 6.45) is 4.90. The molecule has 4 aromatic carbocycles. The van der Waals surface area contributed by atoms with Crippen LogP contribution in [0.25, 0.3) is 17.0 Å². The summed E-state index contributed by atoms with van der Waals surface area (Å²) in [4.78, 5) is 55.1. The zero-order chi connectivity index (χ0) is 58.6. The molecule has 5 aromatic rings. The quantitative estimate of drug-likeness (QED) is 0.0264. The van der Waals surface area contributed by atoms with Gasteiger partial charge in [-0.3, -0.25) is 58.9 Å². The number of fused-ring (bicyclic) bond motifs is 1. The van der Waals surface area contributed by atoms with Crippen LogP contribution in [0.2, 0.25) is 0 Å². The van der Waals surface area contributed by atoms with E-state index in [1.807, 2.05) is 44.2 Å². The van der Waals surface area contributed by atoms with Crippen LogP contribution >= 0.6 is 0 Å². The normalized spacial score (nSPS) is 9.99. The number of nitrogens with two attached hydrogens (primary N) is 1. The molecule has 0 aliphatic carbocycles. The number of H-pyrrole nitrogens is 1. The summed E-state index contributed by atoms with van der Waals surface area (Å²) in [5.74, 6) is 0. The van der Waals surface area contributed by atoms with Crippen molar-refractivity contribution < 1.29 is 67.9 Å². The number of halogens is 1. The van der Waals surface area contributed by atoms with Gasteiger partial charge in [0.15, 0.2) is 0 Å². The van der Waals surface area contributed by atoms with E-state index < -0.39 is 42.3 Å². The number of anilines is 1. The number of aliphatic hydroxyl groups excluding tert-OH is 1. The lowest BCUT2D eigenvalue weighted by Gasteiger charge is -2.19. The van der Waals surface area contributed by atoms with Crippen LogP contribution in [0, 0.1) is 92.1 Å². The fourth-order valence-corrected chi connectivity index (χ4v) is 5.20. The van der Waals surface area contributed by atoms with Crippen molar-refractivity contribution in [2.45, 2.75) is 54.9 Å². The van der Waals surface area contributed by atoms with Gasteiger partial charge in [0.2, 0.25) is 6.41 Å². The van der Waals surface area contributed by atoms with E-state index in [4.69, 9.17) is 54.5 Å². The first-order valence-electron chi connectivity index (χ1n) is 21.1. The smallest absolute Gasteiger partial charge is 0.394 e. The maximum absolute atomic E-state index is 10.9. The predicted molar refractivity (Wildman–Crippen MR) is 274 cm³/mol. The van der Waals surface area contributed by atoms with Crippen LogP contribution in [0.5, 0.6) is 0 Å². The molecule has 29 heteroatoms. The number of nitro groups is 4. The molecular formula is C44H66FN9O18S. The highest BCUT2D eigenvalue weighted by molar-refractivity contribution is 7.79. The molecule has 0 radical (unpaired) electrons. The molecule has 0 spiro atoms. The number of aliphatic hydroxyl groups is 1. The van der Waals surface area contributed by atoms with E-state index in [9.17, 15) is 44.8 Å². The monoisotopic (exact) mass is 1060 g/mol. The van der Waals surface area contributed by atoms with Gasteiger partial charge in [-0.1, -0.05) is 35.4 Å². The lowest BCUT2D eigenvalue weighted by Crippen LogP contribution is -2.30. The fourth-order valence-electron chi connectivity index (χ4n) is 5.20. The van der Waals surface area contributed by atoms with Gasteiger partial charge < -0.3 is 35.4 Å². The van der Waals surface area contributed by atoms with Crippen LogP contribution in [0.4, 0.5) is 32.8 Å². The van der Waals surface area contributed by atoms with Crippen molar-refractivity contribution >= 4 is 55.8 Å². The third-order valence-electron chi connectivity index (χ3n) is 8.14. The second-order valence-corrected chi connectivity index (χ2v) is 15.5. The molecule has 0 atom stereocenters. The predicted octanol–water partition coefficient (Wildman–Crippen LogP) is 8.53. The van der Waals surface area contributed by atoms with E-state index in [0.29, 0.717) is 22.3 Å². The summed E-state index contributed by atoms with van der Waals surface area (Å²) in [6.45, 7) is 12.8. The number of ether oxygens (including phenoxy) is 2. The number of aromatic amines is 1. The molecule has 0 aliphatic heterocycles. The minimum Gasteiger partial charge on any atom is -0.398 e. The van der Waals surface area contributed by atoms with Crippen molar-refractivity contribution in [2.75, 3.05) is 61.9 Å². The Labute approximate surface area is 423 Å². The number of aryl methyl sites for hydroxylation is 6. The number of nitro benzene ring substituents is 4. The highest BCUT2D eigenvalue weighted by Crippen LogP contribution is 2.30. The zero-order valence-electron chi connectivity index (χ0n) is 43.6. The Bertz CT molecular complexity index is 2550. The van der Waals surface area contributed by atoms with Crippen molar-refractivity contribution in [3.63, 3.8) is 0 Å². The molecule has 0 bridgehead atoms. The van der Waals surface area contributed by atoms with Gasteiger partial charge in [-0.05, 0) is 116 Å². The first-order valence-corrected chi connectivity index (χ1v) is 21.8. The average molecular weight is 1060 g/mol. The third kappa shape index (κ3) is 34.2. The Balaban J connectivity index is -0.000000395. The average Bonchev–Trinajstić information content (AvgIpc) is 3.70. The van der Waals surface area contributed by atoms with Crippen LogP contribution < -0.4 is 5.73 Å². The van der Waals surface area contributed by atoms with Crippen molar-refractivity contribution in [3.8, 4) is 0 Å². The molecule has 0 amide bonds. The summed E-state index contributed by atoms with van der Waals surface area (Å²) in [6, 6.07) is 19.4. The number of nitrogens with one attached hydrogen (secondary N) is 1. The van der Waals surface area contributed by atoms with Gasteiger partial charge in [0.25, 0.3) is 27.8 Å². The van der Waals surface area contributed by atoms with Crippen molar-refractivity contribution in [1.82, 2.24) is 14.8 Å². The van der Waals surface area contributed by atoms with Crippen molar-refractivity contribution in [3.05, 3.63) is 169 Å². The summed E-state index contributed by atoms with van der Waals surface area (Å²) >= 11 is 0. The van der Waals surface area contributed by atoms with Gasteiger partial charge in [-0.25, -0.2) is 0 Å². The van der Waals surface area contributed by atoms with E-state index in [0.717, 1.165) is 28.9 Å². The number of benzene rings is 4. The molecule has 0 aliphatic rings. The SMILES string of the molecule is CCO.COC(OC)N(C)C.Cc1cc(/C=C/N(C)C)c([N+](=O)[O-])cc1[N+](=O)[O-].Cc1cc(C)c([N+](=O)[O-])cc1[N+](=O)[O-].Cc1cc2cc[nH]c2cc1N.Cc1cccc(C)c1.O=S(=O)(O)O.O=[N+]([O-])O.[2H]CF. The van der Waals surface area contributed by atoms with Gasteiger partial charge >= 0.3 is 10.4 Å². The van der Waals surface area contributed by atoms with Crippen molar-refractivity contribution in [1.29, 1.82) is 0 Å². The van der Waals surface area contributed by atoms with Crippen LogP contribution in [-0.4, -0.2) is 130 Å². The topological polar surface area (TPSA) is 398 Å². The molecule has 73 heavy (non-hydrogen) atoms. The number of rotatable bonds is 9. The molecule has 27 nitrogen and oxygen atoms in total. The van der Waals surface area contributed by atoms with E-state index in [1.165, 1.54) is 28.6 Å². The van der Waals surface area contributed by atoms with E-state index in [-0.39, 0.29) is 35.8 Å². The highest BCUT2D eigenvalue weighted by Gasteiger charge is 2.21. The minimum absolute atomic E-state index is 0.213. The van der Waals surface area contributed by atoms with Crippen molar-refractivity contribution in [2.24, 2.45) is 0 Å². The number of nitrogens with zero attached hydrogens (tertiary/aromatic N) is 7. The van der Waals surface area contributed by atoms with Gasteiger partial charge in [0.05, 0.1) is 45.9 Å². The Morgan fingerprint density at radius 1 is 0.726 bits per heavy atom. The van der Waals surface area contributed by atoms with E-state index in [2.05, 4.69) is 49.2 Å². The Kier molecular flexibility index (Phi) is 36.1. The highest BCUT2D eigenvalue weighted by atomic mass is 32.3. The minimum atomic E-state index is -4.67. The summed E-state index contributed by atoms with van der Waals surface area (Å²) in [7, 11) is 4.87. The second-order valence-electron chi connectivity index (χ2n) is 14.6. The molecule has 5 rings (SSSR count). The fraction of sp³-hybridized carbons (Fsp3) is 0.364. The lowest BCUT2D eigenvalue weighted by molar-refractivity contribution is -0.742. The molecule has 1 aromatic heterocycles. The van der Waals surface area contributed by atoms with Gasteiger partial charge in [0.1, 0.15) is 0 Å². The molecule has 0 fully saturated rings. The lowest BCUT2D eigenvalue weighted by atomic mass is 10.1. The van der Waals surface area contributed by atoms with Gasteiger partial charge in [-0.2, -0.15) is 8.42 Å². The molecule has 1 heterocycles. The number of aromatic nitrogens is 1. The zero-order valence-corrected chi connectivity index (χ0v) is 43.4. The van der Waals surface area contributed by atoms with Crippen LogP contribution in [0.15, 0.2) is 79.1 Å². The molecule has 408 valence electrons. The standard InChI is InChI=1S/C11H13N3O4.C9H10N2.C8H8N2O4.C8H10.C5H13NO2.C2H6O.CH3F.HNO3.H2O4S/c1-8-6-9(4-5-12(2)3)11(14(17)18)7-10(8)13(15)16;1-6-4-7-2-3-11-9(7)5-8(6)10;1-5-3-6(2)8(10(13)14)4-7(5)9(11)12;1-7-4-3-5-8(2)6-7;1-6(2)5(7-3)8-4;1-2-3;1-2;2-1(3)4;1-5(2,3)4/h4-7H,1-3H3;2-5,11H,10H2,1H3;3-4H,1-2H3;3-6H,1-2H3;5H,1-4H3;3H,2H2,1H3;1H3;(H,2,3,4);(H2,1,2,3,4)/b5-4+;;;;;;;;/i;;;;;;1D;;. The maximum atomic E-state index is 10.9. The first-order chi connectivity index (χ1) is 34.1. The van der Waals surface area contributed by atoms with Gasteiger partial charge in [-0.15, -0.1) is 10.1 Å². The maximum Gasteiger partial charge on any atom is 0.394 e. The molecule has 7 N–H and O–H groups in total. The van der Waals surface area contributed by atoms with E-state index >= 15 is 0 Å². The summed E-state index contributed by atoms with van der Waals surface area (Å²) in [5, 5.41) is 65.0. The first kappa shape index (κ1) is 69.5. The Morgan fingerprint density at radius 2 is 1.10 bits per heavy atom. The largest absolute Gasteiger partial charge is 0.398 e. The second kappa shape index (κ2) is 38.0. The summed E-state index contributed by atoms with van der Waals surface area (Å²) in [5.41, 5.74) is 12.1. The number of nitrogen functional groups attached to an aromatic ring is 1. The number of alkyl halides is 1. The molecular weight excluding hydrogens is 994 g/mol.